The van der Waals surface area contributed by atoms with Crippen LogP contribution < -0.4 is 0 Å². The fourth-order valence-electron chi connectivity index (χ4n) is 0. The molecule has 7 heteroatoms. The third-order valence-electron chi connectivity index (χ3n) is 0. The Bertz CT molecular complexity index is 153. The number of carbonyl (C=O) groups is 1. The molecule has 0 aliphatic rings. The molecule has 56 valence electrons. The van der Waals surface area contributed by atoms with Gasteiger partial charge in [-0.2, -0.15) is 0 Å². The van der Waals surface area contributed by atoms with E-state index in [1.807, 2.05) is 0 Å². The van der Waals surface area contributed by atoms with Gasteiger partial charge in [0.2, 0.25) is 0 Å². The average molecular weight is 178 g/mol. The summed E-state index contributed by atoms with van der Waals surface area (Å²) >= 11 is -5.25. The summed E-state index contributed by atoms with van der Waals surface area (Å²) in [6.45, 7) is 1.08. The summed E-state index contributed by atoms with van der Waals surface area (Å²) in [5.74, 6) is -0.833. The Morgan fingerprint density at radius 1 is 1.33 bits per heavy atom. The molecule has 0 radical (unpaired) electrons. The van der Waals surface area contributed by atoms with E-state index in [1.54, 1.807) is 0 Å². The molecule has 9 heavy (non-hydrogen) atoms. The summed E-state index contributed by atoms with van der Waals surface area (Å²) in [6, 6.07) is 0. The molecule has 0 aliphatic carbocycles. The molecule has 0 aliphatic heterocycles. The number of carboxylic acids is 1. The standard InChI is InChI=1S/C2H4O2.Cr.2H2O.2O/c1-2(3)4;;;;;/h1H3,(H,3,4);;2*1H2;;/q;+2;;;;/p-2. The average Bonchev–Trinajstić information content (AvgIpc) is 1.19. The predicted octanol–water partition coefficient (Wildman–Crippen LogP) is -1.26. The van der Waals surface area contributed by atoms with Crippen LogP contribution in [-0.4, -0.2) is 19.4 Å². The van der Waals surface area contributed by atoms with Crippen LogP contribution in [0.5, 0.6) is 0 Å². The Hall–Kier alpha value is -0.478. The minimum atomic E-state index is -5.25. The van der Waals surface area contributed by atoms with Crippen LogP contribution in [0.4, 0.5) is 0 Å². The van der Waals surface area contributed by atoms with Crippen LogP contribution in [0.25, 0.3) is 0 Å². The van der Waals surface area contributed by atoms with E-state index in [2.05, 4.69) is 0 Å². The number of rotatable bonds is 0. The first-order valence-electron chi connectivity index (χ1n) is 1.63. The predicted molar refractivity (Wildman–Crippen MR) is 19.1 cm³/mol. The van der Waals surface area contributed by atoms with Gasteiger partial charge in [0.1, 0.15) is 0 Å². The summed E-state index contributed by atoms with van der Waals surface area (Å²) in [5, 5.41) is 7.42. The zero-order valence-electron chi connectivity index (χ0n) is 4.47. The first kappa shape index (κ1) is 11.3. The van der Waals surface area contributed by atoms with Gasteiger partial charge in [-0.1, -0.05) is 0 Å². The van der Waals surface area contributed by atoms with Crippen molar-refractivity contribution in [1.82, 2.24) is 0 Å². The van der Waals surface area contributed by atoms with Gasteiger partial charge in [-0.15, -0.1) is 0 Å². The van der Waals surface area contributed by atoms with E-state index >= 15 is 0 Å². The number of carboxylic acid groups (broad SMARTS) is 1. The summed E-state index contributed by atoms with van der Waals surface area (Å²) in [4.78, 5) is 9.00. The SMILES string of the molecule is CC(=O)O.[O]=[Cr](=[O])([OH])[OH]. The minimum absolute atomic E-state index is 0.833. The van der Waals surface area contributed by atoms with Crippen LogP contribution in [0, 0.1) is 0 Å². The van der Waals surface area contributed by atoms with E-state index in [4.69, 9.17) is 25.8 Å². The Balaban J connectivity index is 0. The molecule has 0 saturated heterocycles. The Labute approximate surface area is 53.1 Å². The molecule has 0 bridgehead atoms. The fourth-order valence-corrected chi connectivity index (χ4v) is 0. The van der Waals surface area contributed by atoms with Crippen LogP contribution in [0.3, 0.4) is 0 Å². The molecule has 0 aromatic carbocycles. The van der Waals surface area contributed by atoms with Crippen molar-refractivity contribution < 1.29 is 39.4 Å². The van der Waals surface area contributed by atoms with Crippen molar-refractivity contribution in [2.75, 3.05) is 0 Å². The van der Waals surface area contributed by atoms with Gasteiger partial charge in [0, 0.05) is 6.92 Å². The quantitative estimate of drug-likeness (QED) is 0.426. The molecule has 0 aromatic rings. The van der Waals surface area contributed by atoms with Crippen molar-refractivity contribution in [1.29, 1.82) is 0 Å². The summed E-state index contributed by atoms with van der Waals surface area (Å²) in [7, 11) is 0. The summed E-state index contributed by atoms with van der Waals surface area (Å²) in [6.07, 6.45) is 0. The maximum atomic E-state index is 9.00. The molecule has 0 aromatic heterocycles. The van der Waals surface area contributed by atoms with Crippen molar-refractivity contribution >= 4 is 5.97 Å². The van der Waals surface area contributed by atoms with Crippen LogP contribution in [0.15, 0.2) is 0 Å². The van der Waals surface area contributed by atoms with Gasteiger partial charge in [0.05, 0.1) is 0 Å². The first-order valence-corrected chi connectivity index (χ1v) is 3.81. The van der Waals surface area contributed by atoms with Gasteiger partial charge < -0.3 is 5.11 Å². The molecule has 0 spiro atoms. The molecular weight excluding hydrogens is 172 g/mol. The van der Waals surface area contributed by atoms with Crippen molar-refractivity contribution in [3.63, 3.8) is 0 Å². The zero-order valence-corrected chi connectivity index (χ0v) is 5.75. The van der Waals surface area contributed by atoms with Crippen LogP contribution in [0.1, 0.15) is 6.92 Å². The van der Waals surface area contributed by atoms with Crippen molar-refractivity contribution in [3.8, 4) is 0 Å². The topological polar surface area (TPSA) is 112 Å². The second-order valence-corrected chi connectivity index (χ2v) is 2.37. The van der Waals surface area contributed by atoms with E-state index < -0.39 is 19.6 Å². The number of hydrogen-bond acceptors (Lipinski definition) is 3. The molecule has 0 unspecified atom stereocenters. The molecule has 3 N–H and O–H groups in total. The maximum absolute atomic E-state index is 9.00. The van der Waals surface area contributed by atoms with E-state index in [0.29, 0.717) is 0 Å². The van der Waals surface area contributed by atoms with Crippen molar-refractivity contribution in [2.45, 2.75) is 6.92 Å². The number of aliphatic carboxylic acids is 1. The summed E-state index contributed by atoms with van der Waals surface area (Å²) < 4.78 is 31.9. The zero-order chi connectivity index (χ0) is 8.08. The van der Waals surface area contributed by atoms with Gasteiger partial charge in [-0.3, -0.25) is 4.79 Å². The second kappa shape index (κ2) is 4.41. The molecule has 0 amide bonds. The van der Waals surface area contributed by atoms with Crippen LogP contribution in [-0.2, 0) is 26.0 Å². The van der Waals surface area contributed by atoms with Crippen LogP contribution in [0.2, 0.25) is 0 Å². The first-order chi connectivity index (χ1) is 3.73. The van der Waals surface area contributed by atoms with E-state index in [1.165, 1.54) is 0 Å². The van der Waals surface area contributed by atoms with Gasteiger partial charge in [0.15, 0.2) is 0 Å². The second-order valence-electron chi connectivity index (χ2n) is 0.967. The normalized spacial score (nSPS) is 9.22. The third kappa shape index (κ3) is 1010. The molecule has 0 saturated carbocycles. The van der Waals surface area contributed by atoms with Crippen LogP contribution >= 0.6 is 0 Å². The van der Waals surface area contributed by atoms with Crippen molar-refractivity contribution in [3.05, 3.63) is 0 Å². The monoisotopic (exact) mass is 178 g/mol. The van der Waals surface area contributed by atoms with E-state index in [-0.39, 0.29) is 0 Å². The molecule has 6 nitrogen and oxygen atoms in total. The van der Waals surface area contributed by atoms with Gasteiger partial charge in [0.25, 0.3) is 5.97 Å². The Morgan fingerprint density at radius 2 is 1.33 bits per heavy atom. The number of hydrogen-bond donors (Lipinski definition) is 3. The van der Waals surface area contributed by atoms with E-state index in [0.717, 1.165) is 6.92 Å². The molecule has 0 heterocycles. The molecule has 0 rings (SSSR count). The Morgan fingerprint density at radius 3 is 1.33 bits per heavy atom. The Kier molecular flexibility index (Phi) is 5.55. The molecule has 0 atom stereocenters. The van der Waals surface area contributed by atoms with Gasteiger partial charge in [-0.25, -0.2) is 0 Å². The summed E-state index contributed by atoms with van der Waals surface area (Å²) in [5.41, 5.74) is 0. The van der Waals surface area contributed by atoms with E-state index in [9.17, 15) is 0 Å². The van der Waals surface area contributed by atoms with Crippen molar-refractivity contribution in [2.24, 2.45) is 0 Å². The molecular formula is C2H6CrO6. The van der Waals surface area contributed by atoms with Gasteiger partial charge >= 0.3 is 29.5 Å². The third-order valence-corrected chi connectivity index (χ3v) is 0. The molecule has 0 fully saturated rings. The van der Waals surface area contributed by atoms with Gasteiger partial charge in [-0.05, 0) is 0 Å². The fraction of sp³-hybridized carbons (Fsp3) is 0.500.